The first-order chi connectivity index (χ1) is 63.0. The van der Waals surface area contributed by atoms with Crippen molar-refractivity contribution in [2.75, 3.05) is 20.3 Å². The standard InChI is InChI=1S/C91H130N20O22/c1-50(2)43-66(98-55(7)114)83(126)104-75(54(6)113)87(130)101-68(44-56-23-14-13-15-24-56)85(128)105-90(8)39-18-11-12-19-41-111-72(30-22-42-133-10)63(109-110-111)29-21-40-91(9,89(132)103-71(49-112)84(127)97-53(5)79(122)96-52(4)78(93)121)106-86(129)70(46-57-25-20-26-57)108-107-64(35-37-73(92)116)77(120)76(119)51(3)95-81(124)69(47-59-48-94-62-28-17-16-27-61(59)62)100-82(125)67(45-58-31-33-60(115)34-32-58)99-80(123)65(102-88(90)131)36-38-74(117)118/h13-17,22-24,27-28,30-34,48,50-54,57,64-71,75,94,107-108,112-113,115H,11-12,18-21,25-26,29,35-47,49H2,1-10H3,(H2,92,116)(H2,93,121)(H,95,124)(H,96,122)(H,97,127)(H,98,114)(H,99,123)(H,100,125)(H,101,130)(H,102,131)(H,103,132)(H,104,126)(H,105,128)(H,106,129)(H,117,118)/t51?,52?,53-,54+,64-,65-,66-,67?,68-,69-,70-,71?,75-,90-,91-/m0/s1. The van der Waals surface area contributed by atoms with Crippen LogP contribution in [0, 0.1) is 11.8 Å². The van der Waals surface area contributed by atoms with Crippen molar-refractivity contribution in [3.8, 4) is 5.75 Å². The lowest BCUT2D eigenvalue weighted by molar-refractivity contribution is -0.141. The molecule has 4 unspecified atom stereocenters. The second-order valence-electron chi connectivity index (χ2n) is 35.0. The molecule has 5 aromatic rings. The van der Waals surface area contributed by atoms with Gasteiger partial charge in [0.05, 0.1) is 42.8 Å². The Labute approximate surface area is 770 Å². The summed E-state index contributed by atoms with van der Waals surface area (Å²) in [6.45, 7) is 11.8. The summed E-state index contributed by atoms with van der Waals surface area (Å²) < 4.78 is 6.97. The normalized spacial score (nSPS) is 22.2. The van der Waals surface area contributed by atoms with E-state index in [-0.39, 0.29) is 88.5 Å². The monoisotopic (exact) mass is 1850 g/mol. The van der Waals surface area contributed by atoms with Crippen LogP contribution in [0.25, 0.3) is 17.0 Å². The Balaban J connectivity index is 1.34. The van der Waals surface area contributed by atoms with Crippen molar-refractivity contribution in [2.45, 2.75) is 287 Å². The van der Waals surface area contributed by atoms with Gasteiger partial charge in [0.2, 0.25) is 94.3 Å². The molecule has 3 aromatic carbocycles. The number of phenolic OH excluding ortho intramolecular Hbond substituents is 1. The Bertz CT molecular complexity index is 4920. The Morgan fingerprint density at radius 2 is 1.26 bits per heavy atom. The van der Waals surface area contributed by atoms with Gasteiger partial charge in [0.1, 0.15) is 77.2 Å². The molecule has 726 valence electrons. The smallest absolute Gasteiger partial charge is 0.303 e. The average molecular weight is 1860 g/mol. The number of carboxylic acid groups (broad SMARTS) is 1. The molecule has 42 nitrogen and oxygen atoms in total. The number of aliphatic hydroxyl groups is 2. The summed E-state index contributed by atoms with van der Waals surface area (Å²) in [7, 11) is 1.48. The first-order valence-corrected chi connectivity index (χ1v) is 44.8. The number of primary amides is 2. The lowest BCUT2D eigenvalue weighted by Crippen LogP contribution is -2.65. The molecule has 0 spiro atoms. The van der Waals surface area contributed by atoms with Crippen molar-refractivity contribution in [1.29, 1.82) is 0 Å². The minimum atomic E-state index is -2.12. The Kier molecular flexibility index (Phi) is 41.7. The van der Waals surface area contributed by atoms with Gasteiger partial charge >= 0.3 is 5.97 Å². The number of nitrogens with zero attached hydrogens (tertiary/aromatic N) is 3. The molecular weight excluding hydrogens is 1730 g/mol. The number of phenols is 1. The van der Waals surface area contributed by atoms with Crippen molar-refractivity contribution in [3.63, 3.8) is 0 Å². The Morgan fingerprint density at radius 1 is 0.632 bits per heavy atom. The summed E-state index contributed by atoms with van der Waals surface area (Å²) in [5.74, 6) is -17.8. The minimum absolute atomic E-state index is 0.0321. The number of hydrazine groups is 1. The molecule has 0 radical (unpaired) electrons. The van der Waals surface area contributed by atoms with Crippen molar-refractivity contribution in [3.05, 3.63) is 119 Å². The van der Waals surface area contributed by atoms with E-state index in [1.165, 1.54) is 79.8 Å². The fourth-order valence-electron chi connectivity index (χ4n) is 15.3. The number of para-hydroxylation sites is 1. The van der Waals surface area contributed by atoms with Crippen LogP contribution in [0.2, 0.25) is 0 Å². The molecule has 0 saturated heterocycles. The van der Waals surface area contributed by atoms with E-state index in [9.17, 15) is 68.4 Å². The summed E-state index contributed by atoms with van der Waals surface area (Å²) in [5.41, 5.74) is 15.2. The Hall–Kier alpha value is -12.9. The highest BCUT2D eigenvalue weighted by atomic mass is 16.5. The molecule has 7 rings (SSSR count). The quantitative estimate of drug-likeness (QED) is 0.0217. The molecule has 1 fully saturated rings. The third-order valence-corrected chi connectivity index (χ3v) is 23.3. The number of carbonyl (C=O) groups is 17. The lowest BCUT2D eigenvalue weighted by atomic mass is 9.80. The number of amides is 14. The molecule has 1 aliphatic heterocycles. The molecule has 2 bridgehead atoms. The second kappa shape index (κ2) is 51.8. The van der Waals surface area contributed by atoms with Crippen LogP contribution in [-0.4, -0.2) is 251 Å². The number of hydrogen-bond donors (Lipinski definition) is 21. The van der Waals surface area contributed by atoms with Crippen molar-refractivity contribution in [2.24, 2.45) is 23.3 Å². The zero-order chi connectivity index (χ0) is 98.0. The van der Waals surface area contributed by atoms with Gasteiger partial charge in [-0.1, -0.05) is 124 Å². The summed E-state index contributed by atoms with van der Waals surface area (Å²) in [6, 6.07) is 1.73. The number of fused-ring (bicyclic) bond motifs is 3. The molecule has 2 aliphatic rings. The average Bonchev–Trinajstić information content (AvgIpc) is 1.80. The number of aromatic amines is 1. The highest BCUT2D eigenvalue weighted by Crippen LogP contribution is 2.32. The number of carboxylic acids is 1. The van der Waals surface area contributed by atoms with E-state index in [0.29, 0.717) is 71.1 Å². The number of ketones is 2. The summed E-state index contributed by atoms with van der Waals surface area (Å²) >= 11 is 0. The van der Waals surface area contributed by atoms with E-state index in [1.807, 2.05) is 0 Å². The molecular formula is C91H130N20O22. The van der Waals surface area contributed by atoms with Gasteiger partial charge in [-0.3, -0.25) is 81.5 Å². The van der Waals surface area contributed by atoms with E-state index < -0.39 is 229 Å². The third kappa shape index (κ3) is 33.4. The number of hydrogen-bond acceptors (Lipinski definition) is 25. The van der Waals surface area contributed by atoms with E-state index in [1.54, 1.807) is 91.5 Å². The number of rotatable bonds is 35. The minimum Gasteiger partial charge on any atom is -0.508 e. The zero-order valence-corrected chi connectivity index (χ0v) is 76.8. The number of H-pyrrole nitrogens is 1. The van der Waals surface area contributed by atoms with Crippen LogP contribution in [0.1, 0.15) is 193 Å². The zero-order valence-electron chi connectivity index (χ0n) is 76.8. The van der Waals surface area contributed by atoms with Crippen LogP contribution < -0.4 is 86.1 Å². The fraction of sp³-hybridized carbons (Fsp3) is 0.549. The number of carbonyl (C=O) groups excluding carboxylic acids is 16. The number of aromatic hydroxyl groups is 1. The van der Waals surface area contributed by atoms with E-state index >= 15 is 33.6 Å². The predicted molar refractivity (Wildman–Crippen MR) is 485 cm³/mol. The number of ether oxygens (including phenoxy) is 1. The van der Waals surface area contributed by atoms with Crippen molar-refractivity contribution < 1.29 is 107 Å². The van der Waals surface area contributed by atoms with Crippen LogP contribution in [0.4, 0.5) is 0 Å². The van der Waals surface area contributed by atoms with Crippen LogP contribution in [0.3, 0.4) is 0 Å². The van der Waals surface area contributed by atoms with E-state index in [4.69, 9.17) is 16.2 Å². The number of aliphatic hydroxyl groups excluding tert-OH is 2. The number of nitrogens with two attached hydrogens (primary N) is 2. The van der Waals surface area contributed by atoms with Crippen molar-refractivity contribution >= 4 is 117 Å². The van der Waals surface area contributed by atoms with Gasteiger partial charge in [-0.2, -0.15) is 0 Å². The first kappa shape index (κ1) is 107. The molecule has 1 saturated carbocycles. The molecule has 133 heavy (non-hydrogen) atoms. The lowest BCUT2D eigenvalue weighted by Gasteiger charge is -2.35. The molecule has 3 heterocycles. The van der Waals surface area contributed by atoms with Gasteiger partial charge in [0.25, 0.3) is 0 Å². The molecule has 1 aliphatic carbocycles. The number of aliphatic carboxylic acids is 1. The maximum atomic E-state index is 15.7. The SMILES string of the molecule is COCC=Cc1c2nnn1CCCCCC[C@](C)(NC(=O)[C@H](Cc1ccccc1)NC(=O)[C@@H](NC(=O)[C@H](CC(C)C)NC(C)=O)[C@@H](C)O)C(=O)N[C@@H](CCC(=O)O)C(=O)NC(Cc1ccc(O)cc1)C(=O)N[C@@H](Cc1c[nH]c3ccccc13)C(=O)NC(C)C(=O)C(=O)[C@H](CCC(N)=O)NN[C@@H](CC1CCC1)C(=O)N[C@](C)(C(=O)NC(CO)C(=O)N[C@@H](C)C(=O)NC(C)C(N)=O)CCC2. The number of aromatic nitrogens is 4. The largest absolute Gasteiger partial charge is 0.508 e. The van der Waals surface area contributed by atoms with Gasteiger partial charge in [-0.25, -0.2) is 15.5 Å². The van der Waals surface area contributed by atoms with Crippen LogP contribution in [-0.2, 0) is 118 Å². The van der Waals surface area contributed by atoms with Gasteiger partial charge in [-0.15, -0.1) is 5.10 Å². The summed E-state index contributed by atoms with van der Waals surface area (Å²) in [5, 5.41) is 83.3. The van der Waals surface area contributed by atoms with Crippen LogP contribution >= 0.6 is 0 Å². The van der Waals surface area contributed by atoms with E-state index in [2.05, 4.69) is 89.9 Å². The molecule has 2 aromatic heterocycles. The predicted octanol–water partition coefficient (Wildman–Crippen LogP) is -0.989. The fourth-order valence-corrected chi connectivity index (χ4v) is 15.3. The number of methoxy groups -OCH3 is 1. The van der Waals surface area contributed by atoms with Gasteiger partial charge in [0.15, 0.2) is 0 Å². The molecule has 15 atom stereocenters. The number of Topliss-reactive ketones (excluding diaryl/α,β-unsaturated/α-hetero) is 2. The van der Waals surface area contributed by atoms with Crippen LogP contribution in [0.15, 0.2) is 91.1 Å². The van der Waals surface area contributed by atoms with E-state index in [0.717, 1.165) is 6.42 Å². The molecule has 42 heteroatoms. The maximum absolute atomic E-state index is 15.7. The van der Waals surface area contributed by atoms with Gasteiger partial charge in [-0.05, 0) is 152 Å². The highest BCUT2D eigenvalue weighted by molar-refractivity contribution is 6.41. The summed E-state index contributed by atoms with van der Waals surface area (Å²) in [4.78, 5) is 245. The van der Waals surface area contributed by atoms with Gasteiger partial charge < -0.3 is 105 Å². The summed E-state index contributed by atoms with van der Waals surface area (Å²) in [6.07, 6.45) is 2.95. The number of aryl methyl sites for hydroxylation is 2. The van der Waals surface area contributed by atoms with Crippen molar-refractivity contribution in [1.82, 2.24) is 94.6 Å². The number of benzene rings is 3. The first-order valence-electron chi connectivity index (χ1n) is 44.8. The molecule has 14 amide bonds. The molecule has 23 N–H and O–H groups in total. The Morgan fingerprint density at radius 3 is 1.89 bits per heavy atom. The maximum Gasteiger partial charge on any atom is 0.303 e. The van der Waals surface area contributed by atoms with Crippen LogP contribution in [0.5, 0.6) is 5.75 Å². The highest BCUT2D eigenvalue weighted by Gasteiger charge is 2.44. The topological polar surface area (TPSA) is 647 Å². The van der Waals surface area contributed by atoms with Gasteiger partial charge in [0, 0.05) is 69.8 Å². The number of nitrogens with one attached hydrogen (secondary N) is 15. The third-order valence-electron chi connectivity index (χ3n) is 23.3. The second-order valence-corrected chi connectivity index (χ2v) is 35.0.